The van der Waals surface area contributed by atoms with Gasteiger partial charge in [0.2, 0.25) is 0 Å². The Bertz CT molecular complexity index is 428. The van der Waals surface area contributed by atoms with Crippen LogP contribution in [0.2, 0.25) is 0 Å². The Kier molecular flexibility index (Phi) is 41.1. The van der Waals surface area contributed by atoms with E-state index in [1.807, 2.05) is 0 Å². The molecule has 0 aromatic rings. The van der Waals surface area contributed by atoms with Crippen molar-refractivity contribution < 1.29 is 84.6 Å². The minimum Gasteiger partial charge on any atom is -0.507 e. The second-order valence-electron chi connectivity index (χ2n) is 4.45. The van der Waals surface area contributed by atoms with Gasteiger partial charge in [-0.1, -0.05) is 12.8 Å². The molecule has 2 heterocycles. The topological polar surface area (TPSA) is 90.0 Å². The van der Waals surface area contributed by atoms with E-state index in [2.05, 4.69) is 42.5 Å². The summed E-state index contributed by atoms with van der Waals surface area (Å²) < 4.78 is 0. The number of urea groups is 1. The molecule has 0 spiro atoms. The predicted molar refractivity (Wildman–Crippen MR) is 118 cm³/mol. The summed E-state index contributed by atoms with van der Waals surface area (Å²) in [5.41, 5.74) is 0. The maximum absolute atomic E-state index is 10.9. The molecule has 5 amide bonds. The number of carbonyl (C=O) groups is 4. The van der Waals surface area contributed by atoms with E-state index >= 15 is 0 Å². The van der Waals surface area contributed by atoms with Crippen molar-refractivity contribution in [2.24, 2.45) is 0 Å². The number of β-lactam (4-membered cyclic amide) rings is 2. The van der Waals surface area contributed by atoms with Crippen molar-refractivity contribution in [1.29, 1.82) is 0 Å². The van der Waals surface area contributed by atoms with Gasteiger partial charge in [0.1, 0.15) is 0 Å². The van der Waals surface area contributed by atoms with Gasteiger partial charge < -0.3 is 34.9 Å². The Morgan fingerprint density at radius 2 is 1.37 bits per heavy atom. The van der Waals surface area contributed by atoms with Crippen LogP contribution in [0.5, 0.6) is 0 Å². The molecule has 1 N–H and O–H groups in total. The molecule has 0 atom stereocenters. The second kappa shape index (κ2) is 25.9. The maximum Gasteiger partial charge on any atom is 0.315 e. The van der Waals surface area contributed by atoms with E-state index in [1.165, 1.54) is 9.80 Å². The smallest absolute Gasteiger partial charge is 0.315 e. The number of carbonyl (C=O) groups excluding carboxylic acids is 4. The standard InChI is InChI=1S/C6H9N2O2.C3H6ClNO.C3H4NO.2CH3.I2.2Y/c1-7(2)6(10)8-4-3-5(8)9;1-5(2)3(4)6;5-3-1-2-4-3;;;1-2;;/h4H,3H2,1-2H3;1-2H3;2H,1H2,(H,4,5);2*1H3;;;/q-1;;3*-1;;;. The Hall–Kier alpha value is 1.84. The number of hydrogen-bond acceptors (Lipinski definition) is 4. The molecular formula is C14H25ClI2N4O4Y2-4. The molecule has 8 nitrogen and oxygen atoms in total. The quantitative estimate of drug-likeness (QED) is 0.135. The van der Waals surface area contributed by atoms with Gasteiger partial charge in [0.15, 0.2) is 11.8 Å². The minimum atomic E-state index is -0.435. The Labute approximate surface area is 242 Å². The zero-order chi connectivity index (χ0) is 18.6. The van der Waals surface area contributed by atoms with Crippen LogP contribution in [0.1, 0.15) is 12.8 Å². The zero-order valence-corrected chi connectivity index (χ0v) is 27.1. The second-order valence-corrected chi connectivity index (χ2v) is 4.77. The molecule has 2 fully saturated rings. The van der Waals surface area contributed by atoms with Gasteiger partial charge >= 0.3 is 5.37 Å². The van der Waals surface area contributed by atoms with E-state index < -0.39 is 5.37 Å². The zero-order valence-electron chi connectivity index (χ0n) is 16.3. The molecule has 156 valence electrons. The number of likely N-dealkylation sites (tertiary alicyclic amines) is 1. The first-order valence-electron chi connectivity index (χ1n) is 6.15. The molecular weight excluding hydrogens is 755 g/mol. The molecule has 0 aromatic carbocycles. The Morgan fingerprint density at radius 3 is 1.41 bits per heavy atom. The third-order valence-corrected chi connectivity index (χ3v) is 2.55. The Balaban J connectivity index is -0.0000000574. The van der Waals surface area contributed by atoms with E-state index in [1.54, 1.807) is 41.3 Å². The van der Waals surface area contributed by atoms with Gasteiger partial charge in [-0.3, -0.25) is 19.2 Å². The van der Waals surface area contributed by atoms with Gasteiger partial charge in [0.05, 0.1) is 0 Å². The molecule has 0 bridgehead atoms. The van der Waals surface area contributed by atoms with Crippen molar-refractivity contribution >= 4 is 72.0 Å². The van der Waals surface area contributed by atoms with Gasteiger partial charge in [0, 0.05) is 131 Å². The summed E-state index contributed by atoms with van der Waals surface area (Å²) in [7, 11) is 6.41. The number of imide groups is 1. The summed E-state index contributed by atoms with van der Waals surface area (Å²) in [5, 5.41) is 2.01. The van der Waals surface area contributed by atoms with Gasteiger partial charge in [-0.25, -0.2) is 13.1 Å². The predicted octanol–water partition coefficient (Wildman–Crippen LogP) is 3.30. The van der Waals surface area contributed by atoms with Gasteiger partial charge in [-0.15, -0.1) is 0 Å². The van der Waals surface area contributed by atoms with Crippen molar-refractivity contribution in [3.8, 4) is 0 Å². The summed E-state index contributed by atoms with van der Waals surface area (Å²) in [4.78, 5) is 44.9. The monoisotopic (exact) mass is 780 g/mol. The molecule has 0 aromatic heterocycles. The Morgan fingerprint density at radius 1 is 1.04 bits per heavy atom. The summed E-state index contributed by atoms with van der Waals surface area (Å²) in [6.45, 7) is 3.30. The number of nitrogens with zero attached hydrogens (tertiary/aromatic N) is 3. The number of hydrogen-bond donors (Lipinski definition) is 1. The van der Waals surface area contributed by atoms with Crippen molar-refractivity contribution in [3.63, 3.8) is 0 Å². The summed E-state index contributed by atoms with van der Waals surface area (Å²) in [5.74, 6) is 0.00343. The SMILES string of the molecule is CN(C)C(=O)Cl.CN(C)C(=O)N1[CH-]CC1=O.II.O=C1C[CH-]N1.[CH3-].[CH3-].[Y].[Y]. The fraction of sp³-hybridized carbons (Fsp3) is 0.429. The first-order chi connectivity index (χ1) is 10.7. The average molecular weight is 780 g/mol. The van der Waals surface area contributed by atoms with Crippen LogP contribution in [-0.4, -0.2) is 66.1 Å². The molecule has 2 aliphatic rings. The average Bonchev–Trinajstić information content (AvgIpc) is 2.46. The third-order valence-electron chi connectivity index (χ3n) is 2.21. The summed E-state index contributed by atoms with van der Waals surface area (Å²) in [6, 6.07) is -0.267. The molecule has 2 radical (unpaired) electrons. The fourth-order valence-corrected chi connectivity index (χ4v) is 0.843. The molecule has 0 saturated carbocycles. The van der Waals surface area contributed by atoms with Gasteiger partial charge in [-0.05, 0) is 11.6 Å². The van der Waals surface area contributed by atoms with Crippen LogP contribution in [0, 0.1) is 27.9 Å². The van der Waals surface area contributed by atoms with Crippen LogP contribution in [-0.2, 0) is 75.0 Å². The number of amides is 5. The molecule has 13 heteroatoms. The molecule has 27 heavy (non-hydrogen) atoms. The molecule has 2 aliphatic heterocycles. The van der Waals surface area contributed by atoms with Gasteiger partial charge in [-0.2, -0.15) is 0 Å². The molecule has 0 unspecified atom stereocenters. The molecule has 2 saturated heterocycles. The molecule has 0 aliphatic carbocycles. The maximum atomic E-state index is 10.9. The fourth-order valence-electron chi connectivity index (χ4n) is 0.843. The normalized spacial score (nSPS) is 11.9. The first-order valence-corrected chi connectivity index (χ1v) is 12.8. The van der Waals surface area contributed by atoms with Crippen molar-refractivity contribution in [2.45, 2.75) is 12.8 Å². The summed E-state index contributed by atoms with van der Waals surface area (Å²) in [6.07, 6.45) is 1.000. The number of halogens is 3. The first kappa shape index (κ1) is 42.8. The minimum absolute atomic E-state index is 0. The van der Waals surface area contributed by atoms with Crippen LogP contribution in [0.4, 0.5) is 9.59 Å². The van der Waals surface area contributed by atoms with Crippen LogP contribution in [0.15, 0.2) is 0 Å². The van der Waals surface area contributed by atoms with Gasteiger partial charge in [0.25, 0.3) is 6.03 Å². The van der Waals surface area contributed by atoms with Crippen molar-refractivity contribution in [1.82, 2.24) is 20.0 Å². The largest absolute Gasteiger partial charge is 0.507 e. The van der Waals surface area contributed by atoms with Crippen LogP contribution >= 0.6 is 48.8 Å². The molecule has 2 rings (SSSR count). The van der Waals surface area contributed by atoms with Crippen molar-refractivity contribution in [2.75, 3.05) is 28.2 Å². The van der Waals surface area contributed by atoms with E-state index in [-0.39, 0.29) is 98.1 Å². The number of rotatable bonds is 0. The van der Waals surface area contributed by atoms with Crippen LogP contribution in [0.3, 0.4) is 0 Å². The van der Waals surface area contributed by atoms with E-state index in [9.17, 15) is 19.2 Å². The van der Waals surface area contributed by atoms with E-state index in [0.29, 0.717) is 12.8 Å². The van der Waals surface area contributed by atoms with Crippen LogP contribution < -0.4 is 5.32 Å². The van der Waals surface area contributed by atoms with E-state index in [0.717, 1.165) is 4.90 Å². The third kappa shape index (κ3) is 22.3. The van der Waals surface area contributed by atoms with E-state index in [4.69, 9.17) is 11.6 Å². The van der Waals surface area contributed by atoms with Crippen LogP contribution in [0.25, 0.3) is 0 Å². The van der Waals surface area contributed by atoms with Crippen molar-refractivity contribution in [3.05, 3.63) is 27.9 Å². The summed E-state index contributed by atoms with van der Waals surface area (Å²) >= 11 is 9.14. The number of nitrogens with one attached hydrogen (secondary N) is 1.